The quantitative estimate of drug-likeness (QED) is 0.571. The van der Waals surface area contributed by atoms with Crippen LogP contribution in [-0.4, -0.2) is 58.0 Å². The summed E-state index contributed by atoms with van der Waals surface area (Å²) in [6.07, 6.45) is 1.81. The maximum absolute atomic E-state index is 10.5. The molecule has 0 atom stereocenters. The fourth-order valence-electron chi connectivity index (χ4n) is 3.36. The molecule has 0 unspecified atom stereocenters. The van der Waals surface area contributed by atoms with Gasteiger partial charge in [-0.1, -0.05) is 29.5 Å². The number of halogens is 2. The summed E-state index contributed by atoms with van der Waals surface area (Å²) in [6, 6.07) is 13.5. The first-order valence-electron chi connectivity index (χ1n) is 9.21. The van der Waals surface area contributed by atoms with E-state index in [0.29, 0.717) is 5.69 Å². The average Bonchev–Trinajstić information content (AvgIpc) is 3.51. The lowest BCUT2D eigenvalue weighted by Crippen LogP contribution is -2.19. The summed E-state index contributed by atoms with van der Waals surface area (Å²) in [7, 11) is 0. The van der Waals surface area contributed by atoms with Gasteiger partial charge in [-0.05, 0) is 18.2 Å². The Balaban J connectivity index is 0.00000128. The van der Waals surface area contributed by atoms with Crippen LogP contribution in [0.2, 0.25) is 0 Å². The van der Waals surface area contributed by atoms with Gasteiger partial charge in [0.05, 0.1) is 19.3 Å². The van der Waals surface area contributed by atoms with Gasteiger partial charge in [-0.25, -0.2) is 4.68 Å². The van der Waals surface area contributed by atoms with Crippen molar-refractivity contribution in [1.29, 1.82) is 0 Å². The molecular formula is C20H21Cl2N7O. The van der Waals surface area contributed by atoms with Gasteiger partial charge in [-0.3, -0.25) is 9.98 Å². The Kier molecular flexibility index (Phi) is 6.59. The van der Waals surface area contributed by atoms with Crippen LogP contribution >= 0.6 is 24.8 Å². The lowest BCUT2D eigenvalue weighted by atomic mass is 10.1. The van der Waals surface area contributed by atoms with Crippen molar-refractivity contribution in [3.63, 3.8) is 0 Å². The van der Waals surface area contributed by atoms with E-state index in [1.54, 1.807) is 16.9 Å². The Morgan fingerprint density at radius 2 is 1.40 bits per heavy atom. The first kappa shape index (κ1) is 21.6. The molecule has 3 N–H and O–H groups in total. The molecule has 3 aromatic rings. The number of aliphatic imine (C=N–C) groups is 2. The van der Waals surface area contributed by atoms with E-state index in [2.05, 4.69) is 30.9 Å². The van der Waals surface area contributed by atoms with Crippen molar-refractivity contribution in [3.05, 3.63) is 59.8 Å². The minimum atomic E-state index is 0. The molecule has 8 nitrogen and oxygen atoms in total. The van der Waals surface area contributed by atoms with Crippen LogP contribution in [0.5, 0.6) is 5.75 Å². The van der Waals surface area contributed by atoms with E-state index in [1.165, 1.54) is 0 Å². The minimum Gasteiger partial charge on any atom is -0.506 e. The zero-order valence-corrected chi connectivity index (χ0v) is 17.6. The summed E-state index contributed by atoms with van der Waals surface area (Å²) < 4.78 is 1.58. The number of hydrogen-bond donors (Lipinski definition) is 3. The molecule has 2 aliphatic rings. The van der Waals surface area contributed by atoms with Crippen LogP contribution in [0.15, 0.2) is 58.6 Å². The Morgan fingerprint density at radius 3 is 2.00 bits per heavy atom. The van der Waals surface area contributed by atoms with E-state index in [4.69, 9.17) is 0 Å². The van der Waals surface area contributed by atoms with Gasteiger partial charge in [0.25, 0.3) is 0 Å². The van der Waals surface area contributed by atoms with Crippen LogP contribution in [0.4, 0.5) is 0 Å². The third kappa shape index (κ3) is 4.10. The summed E-state index contributed by atoms with van der Waals surface area (Å²) in [5.74, 6) is 1.87. The predicted octanol–water partition coefficient (Wildman–Crippen LogP) is 2.18. The molecule has 2 aromatic carbocycles. The highest BCUT2D eigenvalue weighted by Crippen LogP contribution is 2.25. The number of aromatic nitrogens is 3. The van der Waals surface area contributed by atoms with Gasteiger partial charge in [-0.2, -0.15) is 0 Å². The molecule has 30 heavy (non-hydrogen) atoms. The summed E-state index contributed by atoms with van der Waals surface area (Å²) >= 11 is 0. The van der Waals surface area contributed by atoms with Crippen molar-refractivity contribution >= 4 is 36.5 Å². The summed E-state index contributed by atoms with van der Waals surface area (Å²) in [5, 5.41) is 25.3. The molecule has 0 radical (unpaired) electrons. The number of nitrogens with zero attached hydrogens (tertiary/aromatic N) is 5. The number of nitrogens with one attached hydrogen (secondary N) is 2. The molecule has 0 saturated carbocycles. The zero-order valence-electron chi connectivity index (χ0n) is 15.9. The molecule has 0 amide bonds. The summed E-state index contributed by atoms with van der Waals surface area (Å²) in [6.45, 7) is 3.28. The standard InChI is InChI=1S/C20H19N7O.2ClH/c28-18-11-15(20-23-9-10-24-20)5-6-17(18)27-12-16(25-26-27)13-1-3-14(4-2-13)19-21-7-8-22-19;;/h1-6,11-12,28H,7-10H2,(H,21,22)(H,23,24);2*1H. The van der Waals surface area contributed by atoms with Crippen LogP contribution < -0.4 is 10.6 Å². The zero-order chi connectivity index (χ0) is 18.9. The molecule has 0 fully saturated rings. The topological polar surface area (TPSA) is 99.7 Å². The number of amidine groups is 2. The van der Waals surface area contributed by atoms with Crippen molar-refractivity contribution in [2.24, 2.45) is 9.98 Å². The lowest BCUT2D eigenvalue weighted by Gasteiger charge is -2.07. The molecule has 0 aliphatic carbocycles. The fourth-order valence-corrected chi connectivity index (χ4v) is 3.36. The lowest BCUT2D eigenvalue weighted by molar-refractivity contribution is 0.469. The van der Waals surface area contributed by atoms with E-state index < -0.39 is 0 Å². The van der Waals surface area contributed by atoms with Crippen molar-refractivity contribution in [2.75, 3.05) is 26.2 Å². The maximum atomic E-state index is 10.5. The molecule has 5 rings (SSSR count). The second-order valence-electron chi connectivity index (χ2n) is 6.64. The Labute approximate surface area is 186 Å². The van der Waals surface area contributed by atoms with Gasteiger partial charge in [0, 0.05) is 29.8 Å². The van der Waals surface area contributed by atoms with E-state index in [-0.39, 0.29) is 30.6 Å². The van der Waals surface area contributed by atoms with Gasteiger partial charge in [0.2, 0.25) is 0 Å². The minimum absolute atomic E-state index is 0. The number of phenolic OH excluding ortho intramolecular Hbond substituents is 1. The number of hydrogen-bond acceptors (Lipinski definition) is 7. The molecule has 3 heterocycles. The highest BCUT2D eigenvalue weighted by molar-refractivity contribution is 6.00. The van der Waals surface area contributed by atoms with Gasteiger partial charge >= 0.3 is 0 Å². The van der Waals surface area contributed by atoms with Crippen LogP contribution in [0.1, 0.15) is 11.1 Å². The third-order valence-corrected chi connectivity index (χ3v) is 4.79. The largest absolute Gasteiger partial charge is 0.506 e. The third-order valence-electron chi connectivity index (χ3n) is 4.79. The van der Waals surface area contributed by atoms with Crippen molar-refractivity contribution in [3.8, 4) is 22.7 Å². The van der Waals surface area contributed by atoms with Crippen molar-refractivity contribution in [1.82, 2.24) is 25.6 Å². The van der Waals surface area contributed by atoms with Gasteiger partial charge in [0.15, 0.2) is 0 Å². The Morgan fingerprint density at radius 1 is 0.800 bits per heavy atom. The van der Waals surface area contributed by atoms with Gasteiger partial charge < -0.3 is 15.7 Å². The molecular weight excluding hydrogens is 425 g/mol. The van der Waals surface area contributed by atoms with Crippen LogP contribution in [0, 0.1) is 0 Å². The van der Waals surface area contributed by atoms with Gasteiger partial charge in [0.1, 0.15) is 28.8 Å². The van der Waals surface area contributed by atoms with Crippen LogP contribution in [0.25, 0.3) is 16.9 Å². The number of benzene rings is 2. The normalized spacial score (nSPS) is 14.7. The highest BCUT2D eigenvalue weighted by atomic mass is 35.5. The van der Waals surface area contributed by atoms with Crippen molar-refractivity contribution < 1.29 is 5.11 Å². The Hall–Kier alpha value is -3.10. The first-order chi connectivity index (χ1) is 13.8. The van der Waals surface area contributed by atoms with E-state index >= 15 is 0 Å². The first-order valence-corrected chi connectivity index (χ1v) is 9.21. The second kappa shape index (κ2) is 9.15. The monoisotopic (exact) mass is 445 g/mol. The number of aromatic hydroxyl groups is 1. The molecule has 156 valence electrons. The van der Waals surface area contributed by atoms with Crippen LogP contribution in [0.3, 0.4) is 0 Å². The predicted molar refractivity (Wildman–Crippen MR) is 122 cm³/mol. The summed E-state index contributed by atoms with van der Waals surface area (Å²) in [5.41, 5.74) is 4.18. The maximum Gasteiger partial charge on any atom is 0.142 e. The van der Waals surface area contributed by atoms with E-state index in [1.807, 2.05) is 36.4 Å². The van der Waals surface area contributed by atoms with E-state index in [0.717, 1.165) is 60.2 Å². The molecule has 1 aromatic heterocycles. The number of rotatable bonds is 4. The second-order valence-corrected chi connectivity index (χ2v) is 6.64. The SMILES string of the molecule is Cl.Cl.Oc1cc(C2=NCCN2)ccc1-n1cc(-c2ccc(C3=NCCN3)cc2)nn1. The van der Waals surface area contributed by atoms with Gasteiger partial charge in [-0.15, -0.1) is 29.9 Å². The van der Waals surface area contributed by atoms with Crippen molar-refractivity contribution in [2.45, 2.75) is 0 Å². The number of phenols is 1. The molecule has 0 spiro atoms. The van der Waals surface area contributed by atoms with E-state index in [9.17, 15) is 5.11 Å². The Bertz CT molecular complexity index is 1090. The molecule has 0 saturated heterocycles. The average molecular weight is 446 g/mol. The summed E-state index contributed by atoms with van der Waals surface area (Å²) in [4.78, 5) is 8.81. The fraction of sp³-hybridized carbons (Fsp3) is 0.200. The smallest absolute Gasteiger partial charge is 0.142 e. The molecule has 0 bridgehead atoms. The molecule has 10 heteroatoms. The van der Waals surface area contributed by atoms with Crippen LogP contribution in [-0.2, 0) is 0 Å². The highest BCUT2D eigenvalue weighted by Gasteiger charge is 2.14. The molecule has 2 aliphatic heterocycles.